The van der Waals surface area contributed by atoms with E-state index in [2.05, 4.69) is 25.7 Å². The lowest BCUT2D eigenvalue weighted by atomic mass is 10.4. The molecule has 62 valence electrons. The summed E-state index contributed by atoms with van der Waals surface area (Å²) >= 11 is 1.59. The quantitative estimate of drug-likeness (QED) is 0.656. The number of nitrogens with zero attached hydrogens (tertiary/aromatic N) is 5. The molecule has 1 aromatic heterocycles. The third-order valence-electron chi connectivity index (χ3n) is 1.63. The Morgan fingerprint density at radius 2 is 1.83 bits per heavy atom. The van der Waals surface area contributed by atoms with Crippen molar-refractivity contribution in [1.29, 1.82) is 0 Å². The van der Waals surface area contributed by atoms with Crippen molar-refractivity contribution in [3.63, 3.8) is 0 Å². The molecule has 5 nitrogen and oxygen atoms in total. The van der Waals surface area contributed by atoms with Gasteiger partial charge in [0.25, 0.3) is 0 Å². The van der Waals surface area contributed by atoms with Crippen LogP contribution >= 0.6 is 11.3 Å². The van der Waals surface area contributed by atoms with Gasteiger partial charge in [0.15, 0.2) is 0 Å². The Bertz CT molecular complexity index is 321. The standard InChI is InChI=1S/C6H7N5S/c1-3-4(2)12-6(7-3)5-8-10-11-9-5/h5H,1-2H3. The average molecular weight is 181 g/mol. The van der Waals surface area contributed by atoms with Crippen LogP contribution in [0.3, 0.4) is 0 Å². The smallest absolute Gasteiger partial charge is 0.236 e. The molecule has 0 aromatic carbocycles. The number of aromatic nitrogens is 1. The molecule has 1 aliphatic heterocycles. The Labute approximate surface area is 73.2 Å². The fourth-order valence-electron chi connectivity index (χ4n) is 0.874. The van der Waals surface area contributed by atoms with E-state index in [1.54, 1.807) is 11.3 Å². The van der Waals surface area contributed by atoms with Crippen molar-refractivity contribution in [2.24, 2.45) is 20.7 Å². The lowest BCUT2D eigenvalue weighted by Crippen LogP contribution is -1.86. The van der Waals surface area contributed by atoms with Gasteiger partial charge in [0.2, 0.25) is 6.17 Å². The van der Waals surface area contributed by atoms with Crippen LogP contribution in [0.4, 0.5) is 0 Å². The number of rotatable bonds is 1. The topological polar surface area (TPSA) is 62.3 Å². The summed E-state index contributed by atoms with van der Waals surface area (Å²) in [5, 5.41) is 15.3. The van der Waals surface area contributed by atoms with Crippen molar-refractivity contribution in [2.75, 3.05) is 0 Å². The van der Waals surface area contributed by atoms with Crippen LogP contribution < -0.4 is 0 Å². The predicted molar refractivity (Wildman–Crippen MR) is 44.0 cm³/mol. The van der Waals surface area contributed by atoms with Gasteiger partial charge in [-0.05, 0) is 24.3 Å². The van der Waals surface area contributed by atoms with Crippen molar-refractivity contribution >= 4 is 11.3 Å². The van der Waals surface area contributed by atoms with Crippen LogP contribution in [0.25, 0.3) is 0 Å². The molecule has 2 heterocycles. The third-order valence-corrected chi connectivity index (χ3v) is 2.74. The van der Waals surface area contributed by atoms with Crippen LogP contribution in [0.2, 0.25) is 0 Å². The molecule has 0 aliphatic carbocycles. The summed E-state index contributed by atoms with van der Waals surface area (Å²) in [6.07, 6.45) is -0.289. The van der Waals surface area contributed by atoms with Gasteiger partial charge in [-0.2, -0.15) is 0 Å². The van der Waals surface area contributed by atoms with Gasteiger partial charge in [0.05, 0.1) is 5.69 Å². The highest BCUT2D eigenvalue weighted by Gasteiger charge is 2.17. The summed E-state index contributed by atoms with van der Waals surface area (Å²) in [4.78, 5) is 5.50. The number of hydrogen-bond donors (Lipinski definition) is 0. The maximum absolute atomic E-state index is 4.30. The maximum atomic E-state index is 4.30. The summed E-state index contributed by atoms with van der Waals surface area (Å²) in [5.74, 6) is 0. The Kier molecular flexibility index (Phi) is 1.69. The normalized spacial score (nSPS) is 16.2. The molecule has 0 bridgehead atoms. The van der Waals surface area contributed by atoms with Crippen LogP contribution in [-0.4, -0.2) is 4.98 Å². The second-order valence-electron chi connectivity index (χ2n) is 2.48. The summed E-state index contributed by atoms with van der Waals surface area (Å²) < 4.78 is 0. The zero-order valence-corrected chi connectivity index (χ0v) is 7.54. The molecule has 0 fully saturated rings. The first kappa shape index (κ1) is 7.48. The first-order valence-corrected chi connectivity index (χ1v) is 4.33. The van der Waals surface area contributed by atoms with Crippen LogP contribution in [0.15, 0.2) is 20.7 Å². The molecule has 0 amide bonds. The fraction of sp³-hybridized carbons (Fsp3) is 0.500. The summed E-state index contributed by atoms with van der Waals surface area (Å²) in [6, 6.07) is 0. The van der Waals surface area contributed by atoms with Gasteiger partial charge in [-0.3, -0.25) is 0 Å². The minimum Gasteiger partial charge on any atom is -0.242 e. The van der Waals surface area contributed by atoms with E-state index in [-0.39, 0.29) is 6.17 Å². The van der Waals surface area contributed by atoms with E-state index in [0.29, 0.717) is 0 Å². The van der Waals surface area contributed by atoms with Crippen LogP contribution in [0.1, 0.15) is 21.7 Å². The highest BCUT2D eigenvalue weighted by atomic mass is 32.1. The van der Waals surface area contributed by atoms with Gasteiger partial charge in [-0.25, -0.2) is 4.98 Å². The third kappa shape index (κ3) is 1.14. The first-order valence-electron chi connectivity index (χ1n) is 3.51. The van der Waals surface area contributed by atoms with Crippen LogP contribution in [0.5, 0.6) is 0 Å². The van der Waals surface area contributed by atoms with E-state index in [4.69, 9.17) is 0 Å². The van der Waals surface area contributed by atoms with E-state index in [1.807, 2.05) is 13.8 Å². The Morgan fingerprint density at radius 1 is 1.17 bits per heavy atom. The largest absolute Gasteiger partial charge is 0.242 e. The summed E-state index contributed by atoms with van der Waals surface area (Å²) in [6.45, 7) is 4.00. The van der Waals surface area contributed by atoms with Gasteiger partial charge < -0.3 is 0 Å². The molecule has 1 aliphatic rings. The fourth-order valence-corrected chi connectivity index (χ4v) is 1.76. The van der Waals surface area contributed by atoms with Gasteiger partial charge >= 0.3 is 0 Å². The molecule has 0 N–H and O–H groups in total. The van der Waals surface area contributed by atoms with E-state index in [0.717, 1.165) is 10.7 Å². The summed E-state index contributed by atoms with van der Waals surface area (Å²) in [5.41, 5.74) is 1.03. The molecule has 6 heteroatoms. The molecule has 0 saturated carbocycles. The predicted octanol–water partition coefficient (Wildman–Crippen LogP) is 2.59. The molecule has 0 saturated heterocycles. The number of thiazole rings is 1. The van der Waals surface area contributed by atoms with Crippen LogP contribution in [0, 0.1) is 13.8 Å². The second-order valence-corrected chi connectivity index (χ2v) is 3.71. The molecule has 0 spiro atoms. The van der Waals surface area contributed by atoms with Crippen molar-refractivity contribution < 1.29 is 0 Å². The molecule has 0 unspecified atom stereocenters. The SMILES string of the molecule is Cc1nc(C2N=NN=N2)sc1C. The molecular formula is C6H7N5S. The van der Waals surface area contributed by atoms with Crippen molar-refractivity contribution in [3.05, 3.63) is 15.6 Å². The van der Waals surface area contributed by atoms with Gasteiger partial charge in [-0.1, -0.05) is 0 Å². The van der Waals surface area contributed by atoms with Gasteiger partial charge in [0, 0.05) is 4.88 Å². The zero-order valence-electron chi connectivity index (χ0n) is 6.72. The lowest BCUT2D eigenvalue weighted by Gasteiger charge is -1.91. The van der Waals surface area contributed by atoms with E-state index in [9.17, 15) is 0 Å². The first-order chi connectivity index (χ1) is 5.77. The Morgan fingerprint density at radius 3 is 2.33 bits per heavy atom. The molecule has 2 rings (SSSR count). The highest BCUT2D eigenvalue weighted by molar-refractivity contribution is 7.11. The molecular weight excluding hydrogens is 174 g/mol. The monoisotopic (exact) mass is 181 g/mol. The molecule has 1 aromatic rings. The number of aryl methyl sites for hydroxylation is 2. The minimum absolute atomic E-state index is 0.289. The average Bonchev–Trinajstić information content (AvgIpc) is 2.61. The van der Waals surface area contributed by atoms with E-state index in [1.165, 1.54) is 4.88 Å². The second kappa shape index (κ2) is 2.71. The zero-order chi connectivity index (χ0) is 8.55. The molecule has 0 atom stereocenters. The Balaban J connectivity index is 2.34. The van der Waals surface area contributed by atoms with Gasteiger partial charge in [0.1, 0.15) is 5.01 Å². The number of hydrogen-bond acceptors (Lipinski definition) is 6. The highest BCUT2D eigenvalue weighted by Crippen LogP contribution is 2.28. The van der Waals surface area contributed by atoms with E-state index < -0.39 is 0 Å². The molecule has 0 radical (unpaired) electrons. The van der Waals surface area contributed by atoms with Crippen molar-refractivity contribution in [1.82, 2.24) is 4.98 Å². The lowest BCUT2D eigenvalue weighted by molar-refractivity contribution is 0.753. The van der Waals surface area contributed by atoms with Gasteiger partial charge in [-0.15, -0.1) is 21.6 Å². The minimum atomic E-state index is -0.289. The van der Waals surface area contributed by atoms with Crippen LogP contribution in [-0.2, 0) is 0 Å². The van der Waals surface area contributed by atoms with E-state index >= 15 is 0 Å². The molecule has 12 heavy (non-hydrogen) atoms. The Hall–Kier alpha value is -1.17. The maximum Gasteiger partial charge on any atom is 0.236 e. The van der Waals surface area contributed by atoms with Crippen molar-refractivity contribution in [2.45, 2.75) is 20.0 Å². The summed E-state index contributed by atoms with van der Waals surface area (Å²) in [7, 11) is 0. The van der Waals surface area contributed by atoms with Crippen molar-refractivity contribution in [3.8, 4) is 0 Å².